The Morgan fingerprint density at radius 3 is 1.83 bits per heavy atom. The van der Waals surface area contributed by atoms with Gasteiger partial charge in [-0.25, -0.2) is 0 Å². The van der Waals surface area contributed by atoms with Gasteiger partial charge in [0.05, 0.1) is 5.92 Å². The topological polar surface area (TPSA) is 57.5 Å². The maximum Gasteiger partial charge on any atom is 0.310 e. The predicted octanol–water partition coefficient (Wildman–Crippen LogP) is 3.25. The molecule has 92 valence electrons. The Hall–Kier alpha value is -2.29. The number of carboxylic acids is 1. The lowest BCUT2D eigenvalue weighted by Crippen LogP contribution is -2.06. The molecule has 2 aromatic carbocycles. The van der Waals surface area contributed by atoms with Crippen molar-refractivity contribution in [2.45, 2.75) is 12.8 Å². The number of benzene rings is 2. The van der Waals surface area contributed by atoms with Gasteiger partial charge in [0, 0.05) is 0 Å². The van der Waals surface area contributed by atoms with Crippen molar-refractivity contribution in [3.63, 3.8) is 0 Å². The molecule has 0 fully saturated rings. The summed E-state index contributed by atoms with van der Waals surface area (Å²) in [6, 6.07) is 14.3. The van der Waals surface area contributed by atoms with Crippen molar-refractivity contribution in [2.75, 3.05) is 0 Å². The smallest absolute Gasteiger partial charge is 0.310 e. The van der Waals surface area contributed by atoms with Gasteiger partial charge in [-0.05, 0) is 35.7 Å². The van der Waals surface area contributed by atoms with Crippen LogP contribution >= 0.6 is 0 Å². The Bertz CT molecular complexity index is 541. The zero-order valence-electron chi connectivity index (χ0n) is 10.00. The number of phenols is 1. The third-order valence-corrected chi connectivity index (χ3v) is 2.98. The Kier molecular flexibility index (Phi) is 3.33. The summed E-state index contributed by atoms with van der Waals surface area (Å²) in [5.74, 6) is -1.10. The molecule has 0 aromatic heterocycles. The zero-order chi connectivity index (χ0) is 13.1. The van der Waals surface area contributed by atoms with Gasteiger partial charge in [0.25, 0.3) is 0 Å². The molecule has 0 bridgehead atoms. The summed E-state index contributed by atoms with van der Waals surface area (Å²) < 4.78 is 0. The van der Waals surface area contributed by atoms with Crippen LogP contribution < -0.4 is 0 Å². The zero-order valence-corrected chi connectivity index (χ0v) is 10.00. The number of phenolic OH excluding ortho intramolecular Hbond substituents is 1. The largest absolute Gasteiger partial charge is 0.508 e. The summed E-state index contributed by atoms with van der Waals surface area (Å²) in [5.41, 5.74) is 2.77. The van der Waals surface area contributed by atoms with Crippen molar-refractivity contribution in [3.8, 4) is 16.9 Å². The highest BCUT2D eigenvalue weighted by molar-refractivity contribution is 5.76. The molecule has 0 saturated carbocycles. The molecular weight excluding hydrogens is 228 g/mol. The van der Waals surface area contributed by atoms with Crippen molar-refractivity contribution in [2.24, 2.45) is 0 Å². The molecule has 1 unspecified atom stereocenters. The summed E-state index contributed by atoms with van der Waals surface area (Å²) in [4.78, 5) is 10.9. The van der Waals surface area contributed by atoms with Gasteiger partial charge < -0.3 is 10.2 Å². The van der Waals surface area contributed by atoms with Crippen LogP contribution in [-0.2, 0) is 4.79 Å². The molecule has 2 N–H and O–H groups in total. The van der Waals surface area contributed by atoms with Crippen molar-refractivity contribution in [3.05, 3.63) is 54.1 Å². The summed E-state index contributed by atoms with van der Waals surface area (Å²) in [6.45, 7) is 1.66. The van der Waals surface area contributed by atoms with E-state index in [1.54, 1.807) is 19.1 Å². The van der Waals surface area contributed by atoms with Crippen LogP contribution in [0.3, 0.4) is 0 Å². The first-order valence-corrected chi connectivity index (χ1v) is 5.70. The van der Waals surface area contributed by atoms with Gasteiger partial charge in [-0.1, -0.05) is 36.4 Å². The summed E-state index contributed by atoms with van der Waals surface area (Å²) in [7, 11) is 0. The molecule has 0 aliphatic heterocycles. The molecule has 1 atom stereocenters. The lowest BCUT2D eigenvalue weighted by atomic mass is 9.98. The van der Waals surface area contributed by atoms with Crippen molar-refractivity contribution in [1.29, 1.82) is 0 Å². The van der Waals surface area contributed by atoms with Crippen LogP contribution in [0.1, 0.15) is 18.4 Å². The molecule has 0 spiro atoms. The van der Waals surface area contributed by atoms with Gasteiger partial charge in [-0.15, -0.1) is 0 Å². The van der Waals surface area contributed by atoms with E-state index in [9.17, 15) is 9.90 Å². The minimum absolute atomic E-state index is 0.231. The van der Waals surface area contributed by atoms with Crippen molar-refractivity contribution < 1.29 is 15.0 Å². The van der Waals surface area contributed by atoms with E-state index in [1.807, 2.05) is 36.4 Å². The maximum atomic E-state index is 10.9. The van der Waals surface area contributed by atoms with Gasteiger partial charge in [-0.2, -0.15) is 0 Å². The van der Waals surface area contributed by atoms with Crippen LogP contribution in [-0.4, -0.2) is 16.2 Å². The maximum absolute atomic E-state index is 10.9. The second-order valence-electron chi connectivity index (χ2n) is 4.23. The Balaban J connectivity index is 2.27. The van der Waals surface area contributed by atoms with E-state index in [2.05, 4.69) is 0 Å². The number of carboxylic acid groups (broad SMARTS) is 1. The van der Waals surface area contributed by atoms with Crippen LogP contribution in [0.25, 0.3) is 11.1 Å². The molecule has 0 aliphatic carbocycles. The fraction of sp³-hybridized carbons (Fsp3) is 0.133. The lowest BCUT2D eigenvalue weighted by Gasteiger charge is -2.08. The number of aliphatic carboxylic acids is 1. The first-order valence-electron chi connectivity index (χ1n) is 5.70. The monoisotopic (exact) mass is 242 g/mol. The third kappa shape index (κ3) is 2.51. The molecule has 0 radical (unpaired) electrons. The normalized spacial score (nSPS) is 12.1. The summed E-state index contributed by atoms with van der Waals surface area (Å²) in [6.07, 6.45) is 0. The molecule has 18 heavy (non-hydrogen) atoms. The fourth-order valence-electron chi connectivity index (χ4n) is 1.76. The van der Waals surface area contributed by atoms with Crippen LogP contribution in [0.15, 0.2) is 48.5 Å². The van der Waals surface area contributed by atoms with Crippen LogP contribution in [0.5, 0.6) is 5.75 Å². The highest BCUT2D eigenvalue weighted by atomic mass is 16.4. The standard InChI is InChI=1S/C15H14O3/c1-10(15(17)18)11-2-4-12(5-3-11)13-6-8-14(16)9-7-13/h2-10,16H,1H3,(H,17,18). The second-order valence-corrected chi connectivity index (χ2v) is 4.23. The van der Waals surface area contributed by atoms with E-state index < -0.39 is 11.9 Å². The van der Waals surface area contributed by atoms with E-state index in [0.717, 1.165) is 16.7 Å². The van der Waals surface area contributed by atoms with Gasteiger partial charge in [0.1, 0.15) is 5.75 Å². The van der Waals surface area contributed by atoms with Gasteiger partial charge in [-0.3, -0.25) is 4.79 Å². The van der Waals surface area contributed by atoms with Gasteiger partial charge in [0.2, 0.25) is 0 Å². The first kappa shape index (κ1) is 12.2. The molecular formula is C15H14O3. The highest BCUT2D eigenvalue weighted by Crippen LogP contribution is 2.24. The lowest BCUT2D eigenvalue weighted by molar-refractivity contribution is -0.138. The first-order chi connectivity index (χ1) is 8.58. The molecule has 0 amide bonds. The van der Waals surface area contributed by atoms with Crippen molar-refractivity contribution >= 4 is 5.97 Å². The number of hydrogen-bond acceptors (Lipinski definition) is 2. The van der Waals surface area contributed by atoms with E-state index in [1.165, 1.54) is 0 Å². The number of rotatable bonds is 3. The molecule has 3 nitrogen and oxygen atoms in total. The number of aromatic hydroxyl groups is 1. The fourth-order valence-corrected chi connectivity index (χ4v) is 1.76. The van der Waals surface area contributed by atoms with Gasteiger partial charge in [0.15, 0.2) is 0 Å². The molecule has 3 heteroatoms. The Morgan fingerprint density at radius 2 is 1.39 bits per heavy atom. The van der Waals surface area contributed by atoms with Crippen molar-refractivity contribution in [1.82, 2.24) is 0 Å². The van der Waals surface area contributed by atoms with Crippen LogP contribution in [0.4, 0.5) is 0 Å². The number of hydrogen-bond donors (Lipinski definition) is 2. The quantitative estimate of drug-likeness (QED) is 0.868. The average Bonchev–Trinajstić information content (AvgIpc) is 2.39. The molecule has 0 saturated heterocycles. The third-order valence-electron chi connectivity index (χ3n) is 2.98. The number of carbonyl (C=O) groups is 1. The van der Waals surface area contributed by atoms with Gasteiger partial charge >= 0.3 is 5.97 Å². The summed E-state index contributed by atoms with van der Waals surface area (Å²) in [5, 5.41) is 18.1. The molecule has 2 rings (SSSR count). The highest BCUT2D eigenvalue weighted by Gasteiger charge is 2.13. The summed E-state index contributed by atoms with van der Waals surface area (Å²) >= 11 is 0. The van der Waals surface area contributed by atoms with E-state index in [-0.39, 0.29) is 5.75 Å². The minimum atomic E-state index is -0.826. The minimum Gasteiger partial charge on any atom is -0.508 e. The molecule has 0 aliphatic rings. The SMILES string of the molecule is CC(C(=O)O)c1ccc(-c2ccc(O)cc2)cc1. The van der Waals surface area contributed by atoms with E-state index >= 15 is 0 Å². The van der Waals surface area contributed by atoms with E-state index in [0.29, 0.717) is 0 Å². The second kappa shape index (κ2) is 4.92. The molecule has 0 heterocycles. The Morgan fingerprint density at radius 1 is 0.944 bits per heavy atom. The van der Waals surface area contributed by atoms with Crippen LogP contribution in [0.2, 0.25) is 0 Å². The predicted molar refractivity (Wildman–Crippen MR) is 69.6 cm³/mol. The molecule has 2 aromatic rings. The van der Waals surface area contributed by atoms with Crippen LogP contribution in [0, 0.1) is 0 Å². The van der Waals surface area contributed by atoms with E-state index in [4.69, 9.17) is 5.11 Å². The average molecular weight is 242 g/mol. The Labute approximate surface area is 105 Å².